The van der Waals surface area contributed by atoms with Gasteiger partial charge in [-0.2, -0.15) is 4.98 Å². The lowest BCUT2D eigenvalue weighted by Crippen LogP contribution is -2.27. The minimum atomic E-state index is -0.431. The van der Waals surface area contributed by atoms with Gasteiger partial charge in [-0.25, -0.2) is 0 Å². The molecule has 0 radical (unpaired) electrons. The van der Waals surface area contributed by atoms with Crippen LogP contribution in [-0.4, -0.2) is 16.0 Å². The third kappa shape index (κ3) is 3.31. The van der Waals surface area contributed by atoms with Crippen molar-refractivity contribution in [3.8, 4) is 11.4 Å². The van der Waals surface area contributed by atoms with Crippen molar-refractivity contribution >= 4 is 17.5 Å². The van der Waals surface area contributed by atoms with E-state index in [1.54, 1.807) is 31.2 Å². The van der Waals surface area contributed by atoms with Crippen molar-refractivity contribution in [2.24, 2.45) is 0 Å². The number of nitrogens with one attached hydrogen (secondary N) is 1. The molecule has 1 amide bonds. The molecule has 0 fully saturated rings. The van der Waals surface area contributed by atoms with Gasteiger partial charge in [0.1, 0.15) is 6.04 Å². The lowest BCUT2D eigenvalue weighted by molar-refractivity contribution is 0.0932. The van der Waals surface area contributed by atoms with Crippen LogP contribution in [0, 0.1) is 6.92 Å². The zero-order chi connectivity index (χ0) is 17.1. The highest BCUT2D eigenvalue weighted by molar-refractivity contribution is 6.33. The first-order chi connectivity index (χ1) is 11.6. The quantitative estimate of drug-likeness (QED) is 0.772. The fourth-order valence-corrected chi connectivity index (χ4v) is 2.55. The zero-order valence-electron chi connectivity index (χ0n) is 13.3. The van der Waals surface area contributed by atoms with Crippen LogP contribution in [0.5, 0.6) is 0 Å². The number of carbonyl (C=O) groups is 1. The van der Waals surface area contributed by atoms with E-state index in [0.717, 1.165) is 11.1 Å². The molecule has 122 valence electrons. The van der Waals surface area contributed by atoms with Crippen molar-refractivity contribution < 1.29 is 9.32 Å². The fraction of sp³-hybridized carbons (Fsp3) is 0.167. The first kappa shape index (κ1) is 16.2. The van der Waals surface area contributed by atoms with E-state index >= 15 is 0 Å². The largest absolute Gasteiger partial charge is 0.340 e. The van der Waals surface area contributed by atoms with Crippen molar-refractivity contribution in [1.29, 1.82) is 0 Å². The number of halogens is 1. The smallest absolute Gasteiger partial charge is 0.253 e. The van der Waals surface area contributed by atoms with Crippen molar-refractivity contribution in [3.63, 3.8) is 0 Å². The second kappa shape index (κ2) is 6.84. The third-order valence-corrected chi connectivity index (χ3v) is 3.99. The monoisotopic (exact) mass is 341 g/mol. The molecule has 0 saturated heterocycles. The molecular weight excluding hydrogens is 326 g/mol. The summed E-state index contributed by atoms with van der Waals surface area (Å²) in [6, 6.07) is 14.2. The van der Waals surface area contributed by atoms with Crippen molar-refractivity contribution in [2.45, 2.75) is 19.9 Å². The maximum Gasteiger partial charge on any atom is 0.253 e. The Morgan fingerprint density at radius 1 is 1.17 bits per heavy atom. The van der Waals surface area contributed by atoms with Gasteiger partial charge in [0.15, 0.2) is 0 Å². The Morgan fingerprint density at radius 2 is 1.88 bits per heavy atom. The molecule has 0 bridgehead atoms. The average Bonchev–Trinajstić information content (AvgIpc) is 3.05. The molecule has 0 unspecified atom stereocenters. The Kier molecular flexibility index (Phi) is 4.62. The van der Waals surface area contributed by atoms with Gasteiger partial charge < -0.3 is 9.84 Å². The second-order valence-corrected chi connectivity index (χ2v) is 5.85. The van der Waals surface area contributed by atoms with Crippen molar-refractivity contribution in [1.82, 2.24) is 15.5 Å². The number of rotatable bonds is 4. The van der Waals surface area contributed by atoms with E-state index in [9.17, 15) is 4.79 Å². The number of aromatic nitrogens is 2. The standard InChI is InChI=1S/C18H16ClN3O2/c1-11-7-3-4-8-13(11)16-21-18(24-22-16)12(2)20-17(23)14-9-5-6-10-15(14)19/h3-10,12H,1-2H3,(H,20,23)/t12-/m1/s1. The highest BCUT2D eigenvalue weighted by Crippen LogP contribution is 2.22. The SMILES string of the molecule is Cc1ccccc1-c1noc([C@@H](C)NC(=O)c2ccccc2Cl)n1. The molecule has 1 N–H and O–H groups in total. The topological polar surface area (TPSA) is 68.0 Å². The summed E-state index contributed by atoms with van der Waals surface area (Å²) in [5, 5.41) is 7.21. The number of hydrogen-bond acceptors (Lipinski definition) is 4. The molecule has 0 aliphatic rings. The molecule has 3 aromatic rings. The third-order valence-electron chi connectivity index (χ3n) is 3.66. The second-order valence-electron chi connectivity index (χ2n) is 5.45. The number of carbonyl (C=O) groups excluding carboxylic acids is 1. The molecule has 1 heterocycles. The van der Waals surface area contributed by atoms with Gasteiger partial charge in [-0.05, 0) is 31.5 Å². The Balaban J connectivity index is 1.77. The van der Waals surface area contributed by atoms with E-state index in [1.165, 1.54) is 0 Å². The van der Waals surface area contributed by atoms with Gasteiger partial charge in [-0.3, -0.25) is 4.79 Å². The summed E-state index contributed by atoms with van der Waals surface area (Å²) >= 11 is 6.04. The summed E-state index contributed by atoms with van der Waals surface area (Å²) in [6.45, 7) is 3.76. The Morgan fingerprint density at radius 3 is 2.62 bits per heavy atom. The van der Waals surface area contributed by atoms with Crippen molar-refractivity contribution in [2.75, 3.05) is 0 Å². The predicted octanol–water partition coefficient (Wildman–Crippen LogP) is 4.19. The van der Waals surface area contributed by atoms with Crippen LogP contribution in [0.15, 0.2) is 53.1 Å². The molecule has 1 aromatic heterocycles. The molecule has 3 rings (SSSR count). The van der Waals surface area contributed by atoms with Gasteiger partial charge in [0.2, 0.25) is 11.7 Å². The zero-order valence-corrected chi connectivity index (χ0v) is 14.0. The van der Waals surface area contributed by atoms with Crippen LogP contribution < -0.4 is 5.32 Å². The maximum absolute atomic E-state index is 12.3. The molecule has 0 aliphatic heterocycles. The number of nitrogens with zero attached hydrogens (tertiary/aromatic N) is 2. The number of hydrogen-bond donors (Lipinski definition) is 1. The lowest BCUT2D eigenvalue weighted by Gasteiger charge is -2.10. The summed E-state index contributed by atoms with van der Waals surface area (Å²) in [6.07, 6.45) is 0. The number of aryl methyl sites for hydroxylation is 1. The van der Waals surface area contributed by atoms with Gasteiger partial charge in [0.05, 0.1) is 10.6 Å². The summed E-state index contributed by atoms with van der Waals surface area (Å²) in [4.78, 5) is 16.7. The van der Waals surface area contributed by atoms with Gasteiger partial charge in [0.25, 0.3) is 5.91 Å². The normalized spacial score (nSPS) is 12.0. The predicted molar refractivity (Wildman–Crippen MR) is 91.8 cm³/mol. The van der Waals surface area contributed by atoms with E-state index in [1.807, 2.05) is 31.2 Å². The molecule has 5 nitrogen and oxygen atoms in total. The molecule has 0 saturated carbocycles. The van der Waals surface area contributed by atoms with E-state index in [2.05, 4.69) is 15.5 Å². The van der Waals surface area contributed by atoms with E-state index < -0.39 is 6.04 Å². The molecular formula is C18H16ClN3O2. The van der Waals surface area contributed by atoms with Crippen LogP contribution in [0.2, 0.25) is 5.02 Å². The van der Waals surface area contributed by atoms with Crippen LogP contribution in [0.1, 0.15) is 34.8 Å². The number of benzene rings is 2. The minimum Gasteiger partial charge on any atom is -0.340 e. The fourth-order valence-electron chi connectivity index (χ4n) is 2.33. The first-order valence-electron chi connectivity index (χ1n) is 7.51. The summed E-state index contributed by atoms with van der Waals surface area (Å²) in [5.74, 6) is 0.555. The Bertz CT molecular complexity index is 876. The highest BCUT2D eigenvalue weighted by Gasteiger charge is 2.19. The van der Waals surface area contributed by atoms with Crippen LogP contribution in [0.4, 0.5) is 0 Å². The molecule has 0 spiro atoms. The molecule has 6 heteroatoms. The summed E-state index contributed by atoms with van der Waals surface area (Å²) < 4.78 is 5.29. The maximum atomic E-state index is 12.3. The molecule has 2 aromatic carbocycles. The number of amides is 1. The van der Waals surface area contributed by atoms with E-state index in [4.69, 9.17) is 16.1 Å². The van der Waals surface area contributed by atoms with Crippen LogP contribution >= 0.6 is 11.6 Å². The van der Waals surface area contributed by atoms with Gasteiger partial charge in [-0.1, -0.05) is 53.2 Å². The van der Waals surface area contributed by atoms with Crippen molar-refractivity contribution in [3.05, 3.63) is 70.6 Å². The summed E-state index contributed by atoms with van der Waals surface area (Å²) in [7, 11) is 0. The van der Waals surface area contributed by atoms with Crippen LogP contribution in [0.25, 0.3) is 11.4 Å². The van der Waals surface area contributed by atoms with E-state index in [0.29, 0.717) is 22.3 Å². The molecule has 1 atom stereocenters. The van der Waals surface area contributed by atoms with Crippen LogP contribution in [0.3, 0.4) is 0 Å². The Hall–Kier alpha value is -2.66. The highest BCUT2D eigenvalue weighted by atomic mass is 35.5. The van der Waals surface area contributed by atoms with Gasteiger partial charge in [-0.15, -0.1) is 0 Å². The molecule has 0 aliphatic carbocycles. The van der Waals surface area contributed by atoms with Crippen LogP contribution in [-0.2, 0) is 0 Å². The summed E-state index contributed by atoms with van der Waals surface area (Å²) in [5.41, 5.74) is 2.36. The Labute approximate surface area is 144 Å². The first-order valence-corrected chi connectivity index (χ1v) is 7.89. The molecule has 24 heavy (non-hydrogen) atoms. The van der Waals surface area contributed by atoms with Gasteiger partial charge in [0, 0.05) is 5.56 Å². The average molecular weight is 342 g/mol. The van der Waals surface area contributed by atoms with Gasteiger partial charge >= 0.3 is 0 Å². The van der Waals surface area contributed by atoms with E-state index in [-0.39, 0.29) is 5.91 Å². The minimum absolute atomic E-state index is 0.288. The lowest BCUT2D eigenvalue weighted by atomic mass is 10.1.